The summed E-state index contributed by atoms with van der Waals surface area (Å²) in [6.45, 7) is 4.59. The molecule has 0 bridgehead atoms. The third-order valence-electron chi connectivity index (χ3n) is 6.69. The lowest BCUT2D eigenvalue weighted by Crippen LogP contribution is -2.49. The number of rotatable bonds is 6. The maximum absolute atomic E-state index is 13.3. The van der Waals surface area contributed by atoms with E-state index >= 15 is 0 Å². The van der Waals surface area contributed by atoms with Crippen LogP contribution in [0.15, 0.2) is 77.8 Å². The molecule has 0 saturated carbocycles. The van der Waals surface area contributed by atoms with Crippen molar-refractivity contribution in [3.8, 4) is 22.6 Å². The van der Waals surface area contributed by atoms with Crippen LogP contribution in [0.2, 0.25) is 0 Å². The average molecular weight is 470 g/mol. The Balaban J connectivity index is 1.39. The summed E-state index contributed by atoms with van der Waals surface area (Å²) in [6.07, 6.45) is 2.35. The van der Waals surface area contributed by atoms with Crippen molar-refractivity contribution in [1.82, 2.24) is 4.90 Å². The Labute approximate surface area is 206 Å². The molecule has 35 heavy (non-hydrogen) atoms. The van der Waals surface area contributed by atoms with Crippen molar-refractivity contribution in [3.63, 3.8) is 0 Å². The molecule has 0 saturated heterocycles. The van der Waals surface area contributed by atoms with E-state index in [1.165, 1.54) is 10.5 Å². The van der Waals surface area contributed by atoms with Gasteiger partial charge in [-0.25, -0.2) is 4.99 Å². The number of fused-ring (bicyclic) bond motifs is 2. The van der Waals surface area contributed by atoms with Gasteiger partial charge in [0, 0.05) is 19.0 Å². The van der Waals surface area contributed by atoms with Gasteiger partial charge in [-0.2, -0.15) is 0 Å². The molecule has 1 spiro atoms. The topological polar surface area (TPSA) is 77.2 Å². The smallest absolute Gasteiger partial charge is 0.261 e. The molecule has 6 heteroatoms. The second-order valence-electron chi connectivity index (χ2n) is 9.91. The van der Waals surface area contributed by atoms with E-state index in [0.29, 0.717) is 18.8 Å². The highest BCUT2D eigenvalue weighted by Gasteiger charge is 2.55. The Morgan fingerprint density at radius 3 is 2.54 bits per heavy atom. The molecule has 2 N–H and O–H groups in total. The lowest BCUT2D eigenvalue weighted by Gasteiger charge is -2.41. The summed E-state index contributed by atoms with van der Waals surface area (Å²) in [7, 11) is 1.67. The van der Waals surface area contributed by atoms with Gasteiger partial charge in [0.2, 0.25) is 0 Å². The zero-order valence-corrected chi connectivity index (χ0v) is 20.5. The fraction of sp³-hybridized carbons (Fsp3) is 0.310. The summed E-state index contributed by atoms with van der Waals surface area (Å²) in [6, 6.07) is 24.4. The van der Waals surface area contributed by atoms with Crippen LogP contribution in [0.1, 0.15) is 37.8 Å². The number of carbonyl (C=O) groups excluding carboxylic acids is 1. The van der Waals surface area contributed by atoms with Gasteiger partial charge in [-0.1, -0.05) is 48.5 Å². The number of aryl methyl sites for hydroxylation is 1. The van der Waals surface area contributed by atoms with Crippen molar-refractivity contribution in [1.29, 1.82) is 0 Å². The third-order valence-corrected chi connectivity index (χ3v) is 6.69. The summed E-state index contributed by atoms with van der Waals surface area (Å²) in [5.74, 6) is 1.59. The summed E-state index contributed by atoms with van der Waals surface area (Å²) in [5.41, 5.74) is 8.50. The van der Waals surface area contributed by atoms with E-state index in [-0.39, 0.29) is 11.9 Å². The van der Waals surface area contributed by atoms with E-state index in [1.54, 1.807) is 7.05 Å². The molecule has 2 aliphatic rings. The average Bonchev–Trinajstić information content (AvgIpc) is 3.05. The van der Waals surface area contributed by atoms with Crippen molar-refractivity contribution >= 4 is 11.9 Å². The molecule has 1 unspecified atom stereocenters. The highest BCUT2D eigenvalue weighted by Crippen LogP contribution is 2.49. The van der Waals surface area contributed by atoms with Crippen LogP contribution in [-0.2, 0) is 16.8 Å². The van der Waals surface area contributed by atoms with Crippen LogP contribution in [0.3, 0.4) is 0 Å². The fourth-order valence-electron chi connectivity index (χ4n) is 5.03. The van der Waals surface area contributed by atoms with Crippen LogP contribution < -0.4 is 15.2 Å². The standard InChI is InChI=1S/C29H31N3O3/c1-28(2)19-29(26(33)32(3)27(30)31-29)24-18-22(14-15-25(24)35-28)21-12-7-13-23(17-21)34-16-8-11-20-9-5-4-6-10-20/h4-7,9-10,12-15,17-18H,8,11,16,19H2,1-3H3,(H2,30,31). The minimum atomic E-state index is -1.07. The quantitative estimate of drug-likeness (QED) is 0.521. The largest absolute Gasteiger partial charge is 0.494 e. The zero-order valence-electron chi connectivity index (χ0n) is 20.5. The second kappa shape index (κ2) is 8.77. The Bertz CT molecular complexity index is 1290. The molecule has 1 amide bonds. The maximum atomic E-state index is 13.3. The normalized spacial score (nSPS) is 20.4. The predicted octanol–water partition coefficient (Wildman–Crippen LogP) is 4.91. The molecule has 1 atom stereocenters. The van der Waals surface area contributed by atoms with Crippen LogP contribution in [-0.4, -0.2) is 36.0 Å². The Hall–Kier alpha value is -3.80. The summed E-state index contributed by atoms with van der Waals surface area (Å²) in [4.78, 5) is 19.5. The van der Waals surface area contributed by atoms with Gasteiger partial charge in [-0.15, -0.1) is 0 Å². The molecule has 0 aliphatic carbocycles. The number of ether oxygens (including phenoxy) is 2. The number of benzene rings is 3. The van der Waals surface area contributed by atoms with Gasteiger partial charge in [-0.05, 0) is 67.6 Å². The number of amides is 1. The highest BCUT2D eigenvalue weighted by molar-refractivity contribution is 6.07. The molecule has 2 heterocycles. The Morgan fingerprint density at radius 1 is 1.03 bits per heavy atom. The molecule has 5 rings (SSSR count). The first-order valence-electron chi connectivity index (χ1n) is 12.0. The number of nitrogens with zero attached hydrogens (tertiary/aromatic N) is 2. The van der Waals surface area contributed by atoms with Crippen LogP contribution in [0.5, 0.6) is 11.5 Å². The molecule has 6 nitrogen and oxygen atoms in total. The van der Waals surface area contributed by atoms with Gasteiger partial charge < -0.3 is 15.2 Å². The molecule has 0 radical (unpaired) electrons. The van der Waals surface area contributed by atoms with Crippen LogP contribution >= 0.6 is 0 Å². The third kappa shape index (κ3) is 4.36. The van der Waals surface area contributed by atoms with E-state index < -0.39 is 11.1 Å². The van der Waals surface area contributed by atoms with Gasteiger partial charge in [0.05, 0.1) is 6.61 Å². The zero-order chi connectivity index (χ0) is 24.6. The molecule has 0 fully saturated rings. The molecule has 3 aromatic rings. The van der Waals surface area contributed by atoms with E-state index in [9.17, 15) is 4.79 Å². The molecule has 3 aromatic carbocycles. The fourth-order valence-corrected chi connectivity index (χ4v) is 5.03. The number of hydrogen-bond donors (Lipinski definition) is 1. The SMILES string of the molecule is CN1C(=O)C2(CC(C)(C)Oc3ccc(-c4cccc(OCCCc5ccccc5)c4)cc32)N=C1N. The van der Waals surface area contributed by atoms with Crippen molar-refractivity contribution in [3.05, 3.63) is 83.9 Å². The van der Waals surface area contributed by atoms with Gasteiger partial charge in [0.25, 0.3) is 5.91 Å². The minimum Gasteiger partial charge on any atom is -0.494 e. The lowest BCUT2D eigenvalue weighted by atomic mass is 9.77. The van der Waals surface area contributed by atoms with E-state index in [1.807, 2.05) is 62.4 Å². The van der Waals surface area contributed by atoms with E-state index in [4.69, 9.17) is 15.2 Å². The van der Waals surface area contributed by atoms with E-state index in [0.717, 1.165) is 35.3 Å². The number of guanidine groups is 1. The number of hydrogen-bond acceptors (Lipinski definition) is 5. The highest BCUT2D eigenvalue weighted by atomic mass is 16.5. The van der Waals surface area contributed by atoms with Gasteiger partial charge >= 0.3 is 0 Å². The second-order valence-corrected chi connectivity index (χ2v) is 9.91. The number of aliphatic imine (C=N–C) groups is 1. The molecule has 0 aromatic heterocycles. The number of likely N-dealkylation sites (N-methyl/N-ethyl adjacent to an activating group) is 1. The first kappa shape index (κ1) is 23.0. The predicted molar refractivity (Wildman–Crippen MR) is 138 cm³/mol. The van der Waals surface area contributed by atoms with E-state index in [2.05, 4.69) is 29.3 Å². The van der Waals surface area contributed by atoms with Crippen LogP contribution in [0.4, 0.5) is 0 Å². The molecular weight excluding hydrogens is 438 g/mol. The van der Waals surface area contributed by atoms with Crippen molar-refractivity contribution in [2.45, 2.75) is 44.2 Å². The Kier molecular flexibility index (Phi) is 5.75. The first-order valence-corrected chi connectivity index (χ1v) is 12.0. The molecule has 2 aliphatic heterocycles. The number of carbonyl (C=O) groups is 1. The monoisotopic (exact) mass is 469 g/mol. The van der Waals surface area contributed by atoms with Crippen molar-refractivity contribution in [2.75, 3.05) is 13.7 Å². The Morgan fingerprint density at radius 2 is 1.80 bits per heavy atom. The van der Waals surface area contributed by atoms with Gasteiger partial charge in [0.1, 0.15) is 17.1 Å². The first-order chi connectivity index (χ1) is 16.8. The lowest BCUT2D eigenvalue weighted by molar-refractivity contribution is -0.133. The van der Waals surface area contributed by atoms with Crippen LogP contribution in [0.25, 0.3) is 11.1 Å². The van der Waals surface area contributed by atoms with Crippen molar-refractivity contribution in [2.24, 2.45) is 10.7 Å². The van der Waals surface area contributed by atoms with Crippen LogP contribution in [0, 0.1) is 0 Å². The summed E-state index contributed by atoms with van der Waals surface area (Å²) >= 11 is 0. The minimum absolute atomic E-state index is 0.125. The maximum Gasteiger partial charge on any atom is 0.261 e. The molecule has 180 valence electrons. The van der Waals surface area contributed by atoms with Gasteiger partial charge in [0.15, 0.2) is 11.5 Å². The molecular formula is C29H31N3O3. The van der Waals surface area contributed by atoms with Gasteiger partial charge in [-0.3, -0.25) is 9.69 Å². The summed E-state index contributed by atoms with van der Waals surface area (Å²) < 4.78 is 12.3. The summed E-state index contributed by atoms with van der Waals surface area (Å²) in [5, 5.41) is 0. The van der Waals surface area contributed by atoms with Crippen molar-refractivity contribution < 1.29 is 14.3 Å². The number of nitrogens with two attached hydrogens (primary N) is 1.